The van der Waals surface area contributed by atoms with Crippen LogP contribution >= 0.6 is 15.9 Å². The molecule has 0 saturated heterocycles. The minimum atomic E-state index is 0.893. The molecule has 66 valence electrons. The van der Waals surface area contributed by atoms with E-state index in [1.165, 1.54) is 18.5 Å². The van der Waals surface area contributed by atoms with E-state index in [0.717, 1.165) is 18.4 Å². The van der Waals surface area contributed by atoms with Gasteiger partial charge in [0.1, 0.15) is 0 Å². The molecule has 0 atom stereocenters. The third-order valence-electron chi connectivity index (χ3n) is 1.76. The Morgan fingerprint density at radius 2 is 2.09 bits per heavy atom. The molecule has 11 heavy (non-hydrogen) atoms. The molecule has 0 aliphatic carbocycles. The molecule has 2 heteroatoms. The highest BCUT2D eigenvalue weighted by atomic mass is 79.9. The summed E-state index contributed by atoms with van der Waals surface area (Å²) in [4.78, 5) is 2.32. The lowest BCUT2D eigenvalue weighted by Crippen LogP contribution is -2.23. The normalized spacial score (nSPS) is 9.73. The van der Waals surface area contributed by atoms with E-state index in [0.29, 0.717) is 0 Å². The van der Waals surface area contributed by atoms with Crippen molar-refractivity contribution in [3.05, 3.63) is 12.3 Å². The number of unbranched alkanes of at least 4 members (excludes halogenated alkanes) is 1. The number of halogens is 1. The topological polar surface area (TPSA) is 3.24 Å². The Balaban J connectivity index is 3.65. The summed E-state index contributed by atoms with van der Waals surface area (Å²) in [6.45, 7) is 10.6. The van der Waals surface area contributed by atoms with Crippen molar-refractivity contribution < 1.29 is 0 Å². The van der Waals surface area contributed by atoms with Crippen molar-refractivity contribution in [2.45, 2.75) is 26.7 Å². The van der Waals surface area contributed by atoms with Gasteiger partial charge < -0.3 is 4.90 Å². The molecule has 1 nitrogen and oxygen atoms in total. The van der Waals surface area contributed by atoms with Crippen LogP contribution in [0.3, 0.4) is 0 Å². The smallest absolute Gasteiger partial charge is 0.0427 e. The standard InChI is InChI=1S/C9H18BrN/c1-4-6-7-11(5-2)9(3)8-10/h3-8H2,1-2H3. The molecule has 0 saturated carbocycles. The summed E-state index contributed by atoms with van der Waals surface area (Å²) in [6.07, 6.45) is 2.52. The van der Waals surface area contributed by atoms with Gasteiger partial charge in [-0.15, -0.1) is 0 Å². The van der Waals surface area contributed by atoms with Gasteiger partial charge in [-0.3, -0.25) is 0 Å². The molecule has 0 fully saturated rings. The molecule has 0 aromatic heterocycles. The minimum absolute atomic E-state index is 0.893. The van der Waals surface area contributed by atoms with Crippen LogP contribution in [0, 0.1) is 0 Å². The Morgan fingerprint density at radius 3 is 2.45 bits per heavy atom. The Kier molecular flexibility index (Phi) is 6.73. The van der Waals surface area contributed by atoms with Gasteiger partial charge in [0, 0.05) is 24.1 Å². The van der Waals surface area contributed by atoms with Gasteiger partial charge in [0.15, 0.2) is 0 Å². The second-order valence-electron chi connectivity index (χ2n) is 2.63. The van der Waals surface area contributed by atoms with Crippen molar-refractivity contribution >= 4 is 15.9 Å². The summed E-state index contributed by atoms with van der Waals surface area (Å²) in [5.41, 5.74) is 1.20. The third-order valence-corrected chi connectivity index (χ3v) is 2.41. The van der Waals surface area contributed by atoms with Crippen LogP contribution in [0.15, 0.2) is 12.3 Å². The van der Waals surface area contributed by atoms with E-state index in [1.54, 1.807) is 0 Å². The van der Waals surface area contributed by atoms with Crippen LogP contribution < -0.4 is 0 Å². The highest BCUT2D eigenvalue weighted by Crippen LogP contribution is 2.06. The molecule has 0 aliphatic heterocycles. The predicted octanol–water partition coefficient (Wildman–Crippen LogP) is 3.02. The van der Waals surface area contributed by atoms with E-state index in [9.17, 15) is 0 Å². The fraction of sp³-hybridized carbons (Fsp3) is 0.778. The first kappa shape index (κ1) is 11.0. The van der Waals surface area contributed by atoms with Gasteiger partial charge in [-0.05, 0) is 13.3 Å². The first-order valence-electron chi connectivity index (χ1n) is 4.24. The maximum absolute atomic E-state index is 3.98. The average molecular weight is 220 g/mol. The molecular weight excluding hydrogens is 202 g/mol. The summed E-state index contributed by atoms with van der Waals surface area (Å²) in [6, 6.07) is 0. The van der Waals surface area contributed by atoms with Crippen LogP contribution in [0.1, 0.15) is 26.7 Å². The lowest BCUT2D eigenvalue weighted by atomic mass is 10.3. The molecule has 0 N–H and O–H groups in total. The Labute approximate surface area is 78.6 Å². The Hall–Kier alpha value is 0.0200. The number of alkyl halides is 1. The zero-order valence-corrected chi connectivity index (χ0v) is 9.15. The van der Waals surface area contributed by atoms with Gasteiger partial charge in [0.2, 0.25) is 0 Å². The van der Waals surface area contributed by atoms with Crippen molar-refractivity contribution in [2.75, 3.05) is 18.4 Å². The first-order valence-corrected chi connectivity index (χ1v) is 5.37. The lowest BCUT2D eigenvalue weighted by molar-refractivity contribution is 0.359. The predicted molar refractivity (Wildman–Crippen MR) is 55.1 cm³/mol. The minimum Gasteiger partial charge on any atom is -0.375 e. The number of rotatable bonds is 6. The summed E-state index contributed by atoms with van der Waals surface area (Å²) in [7, 11) is 0. The SMILES string of the molecule is C=C(CBr)N(CC)CCCC. The Morgan fingerprint density at radius 1 is 1.45 bits per heavy atom. The third kappa shape index (κ3) is 4.46. The molecule has 0 bridgehead atoms. The van der Waals surface area contributed by atoms with E-state index in [2.05, 4.69) is 41.3 Å². The van der Waals surface area contributed by atoms with Crippen LogP contribution in [-0.4, -0.2) is 23.3 Å². The number of nitrogens with zero attached hydrogens (tertiary/aromatic N) is 1. The average Bonchev–Trinajstić information content (AvgIpc) is 2.05. The number of hydrogen-bond donors (Lipinski definition) is 0. The molecule has 0 amide bonds. The zero-order valence-electron chi connectivity index (χ0n) is 7.57. The van der Waals surface area contributed by atoms with Gasteiger partial charge >= 0.3 is 0 Å². The fourth-order valence-corrected chi connectivity index (χ4v) is 1.33. The summed E-state index contributed by atoms with van der Waals surface area (Å²) >= 11 is 3.41. The van der Waals surface area contributed by atoms with Crippen LogP contribution in [0.25, 0.3) is 0 Å². The molecular formula is C9H18BrN. The van der Waals surface area contributed by atoms with E-state index >= 15 is 0 Å². The van der Waals surface area contributed by atoms with Crippen molar-refractivity contribution in [2.24, 2.45) is 0 Å². The van der Waals surface area contributed by atoms with Gasteiger partial charge in [-0.1, -0.05) is 35.9 Å². The number of hydrogen-bond acceptors (Lipinski definition) is 1. The van der Waals surface area contributed by atoms with Crippen molar-refractivity contribution in [3.8, 4) is 0 Å². The monoisotopic (exact) mass is 219 g/mol. The van der Waals surface area contributed by atoms with Crippen LogP contribution in [0.5, 0.6) is 0 Å². The van der Waals surface area contributed by atoms with E-state index in [4.69, 9.17) is 0 Å². The summed E-state index contributed by atoms with van der Waals surface area (Å²) in [5, 5.41) is 0.893. The quantitative estimate of drug-likeness (QED) is 0.622. The maximum atomic E-state index is 3.98. The van der Waals surface area contributed by atoms with E-state index < -0.39 is 0 Å². The molecule has 0 rings (SSSR count). The summed E-state index contributed by atoms with van der Waals surface area (Å²) < 4.78 is 0. The molecule has 0 radical (unpaired) electrons. The first-order chi connectivity index (χ1) is 5.26. The molecule has 0 aliphatic rings. The Bertz CT molecular complexity index is 112. The summed E-state index contributed by atoms with van der Waals surface area (Å²) in [5.74, 6) is 0. The number of allylic oxidation sites excluding steroid dienone is 1. The largest absolute Gasteiger partial charge is 0.375 e. The molecule has 0 heterocycles. The zero-order chi connectivity index (χ0) is 8.69. The van der Waals surface area contributed by atoms with Crippen LogP contribution in [0.2, 0.25) is 0 Å². The van der Waals surface area contributed by atoms with E-state index in [1.807, 2.05) is 0 Å². The van der Waals surface area contributed by atoms with Gasteiger partial charge in [0.25, 0.3) is 0 Å². The van der Waals surface area contributed by atoms with Gasteiger partial charge in [-0.25, -0.2) is 0 Å². The molecule has 0 unspecified atom stereocenters. The highest BCUT2D eigenvalue weighted by molar-refractivity contribution is 9.09. The van der Waals surface area contributed by atoms with Crippen LogP contribution in [0.4, 0.5) is 0 Å². The molecule has 0 aromatic rings. The van der Waals surface area contributed by atoms with E-state index in [-0.39, 0.29) is 0 Å². The lowest BCUT2D eigenvalue weighted by Gasteiger charge is -2.23. The van der Waals surface area contributed by atoms with Gasteiger partial charge in [0.05, 0.1) is 0 Å². The maximum Gasteiger partial charge on any atom is 0.0427 e. The van der Waals surface area contributed by atoms with Gasteiger partial charge in [-0.2, -0.15) is 0 Å². The fourth-order valence-electron chi connectivity index (χ4n) is 0.973. The van der Waals surface area contributed by atoms with Crippen LogP contribution in [-0.2, 0) is 0 Å². The van der Waals surface area contributed by atoms with Crippen molar-refractivity contribution in [3.63, 3.8) is 0 Å². The van der Waals surface area contributed by atoms with Crippen molar-refractivity contribution in [1.29, 1.82) is 0 Å². The highest BCUT2D eigenvalue weighted by Gasteiger charge is 2.01. The molecule has 0 spiro atoms. The second-order valence-corrected chi connectivity index (χ2v) is 3.19. The molecule has 0 aromatic carbocycles. The second kappa shape index (κ2) is 6.71. The van der Waals surface area contributed by atoms with Crippen molar-refractivity contribution in [1.82, 2.24) is 4.90 Å².